The normalized spacial score (nSPS) is 18.3. The summed E-state index contributed by atoms with van der Waals surface area (Å²) in [6.45, 7) is 0.230. The van der Waals surface area contributed by atoms with Gasteiger partial charge in [0.15, 0.2) is 6.10 Å². The molecule has 29 heavy (non-hydrogen) atoms. The summed E-state index contributed by atoms with van der Waals surface area (Å²) >= 11 is 3.27. The van der Waals surface area contributed by atoms with Gasteiger partial charge in [-0.2, -0.15) is 0 Å². The van der Waals surface area contributed by atoms with Crippen molar-refractivity contribution < 1.29 is 14.4 Å². The van der Waals surface area contributed by atoms with Gasteiger partial charge in [-0.05, 0) is 22.0 Å². The lowest BCUT2D eigenvalue weighted by molar-refractivity contribution is -0.123. The summed E-state index contributed by atoms with van der Waals surface area (Å²) in [6.07, 6.45) is 0.411. The first-order chi connectivity index (χ1) is 14.1. The molecule has 7 nitrogen and oxygen atoms in total. The van der Waals surface area contributed by atoms with E-state index in [0.717, 1.165) is 21.5 Å². The number of amides is 2. The first-order valence-electron chi connectivity index (χ1n) is 9.26. The van der Waals surface area contributed by atoms with Crippen LogP contribution in [0, 0.1) is 0 Å². The van der Waals surface area contributed by atoms with Crippen LogP contribution in [0.3, 0.4) is 0 Å². The Bertz CT molecular complexity index is 990. The van der Waals surface area contributed by atoms with Gasteiger partial charge in [-0.1, -0.05) is 53.7 Å². The lowest BCUT2D eigenvalue weighted by Crippen LogP contribution is -2.43. The summed E-state index contributed by atoms with van der Waals surface area (Å²) in [4.78, 5) is 36.5. The molecule has 0 bridgehead atoms. The number of anilines is 1. The van der Waals surface area contributed by atoms with Gasteiger partial charge in [-0.3, -0.25) is 14.6 Å². The number of hydrogen-bond donors (Lipinski definition) is 1. The van der Waals surface area contributed by atoms with E-state index in [9.17, 15) is 9.59 Å². The zero-order valence-electron chi connectivity index (χ0n) is 15.5. The highest BCUT2D eigenvalue weighted by molar-refractivity contribution is 9.18. The van der Waals surface area contributed by atoms with Gasteiger partial charge in [-0.25, -0.2) is 0 Å². The number of hydrogen-bond acceptors (Lipinski definition) is 5. The van der Waals surface area contributed by atoms with Crippen LogP contribution in [-0.2, 0) is 14.4 Å². The van der Waals surface area contributed by atoms with Crippen LogP contribution in [0.15, 0.2) is 64.7 Å². The largest absolute Gasteiger partial charge is 0.390 e. The summed E-state index contributed by atoms with van der Waals surface area (Å²) < 4.78 is 0.721. The van der Waals surface area contributed by atoms with E-state index in [1.54, 1.807) is 0 Å². The van der Waals surface area contributed by atoms with Gasteiger partial charge < -0.3 is 15.1 Å². The minimum Gasteiger partial charge on any atom is -0.390 e. The predicted molar refractivity (Wildman–Crippen MR) is 115 cm³/mol. The number of halogens is 1. The summed E-state index contributed by atoms with van der Waals surface area (Å²) in [6, 6.07) is 17.3. The van der Waals surface area contributed by atoms with Crippen LogP contribution in [0.25, 0.3) is 0 Å². The second kappa shape index (κ2) is 8.57. The van der Waals surface area contributed by atoms with Crippen molar-refractivity contribution in [3.8, 4) is 0 Å². The molecule has 2 aliphatic heterocycles. The first-order valence-corrected chi connectivity index (χ1v) is 10.1. The molecule has 4 rings (SSSR count). The van der Waals surface area contributed by atoms with Gasteiger partial charge in [0.05, 0.1) is 17.9 Å². The fraction of sp³-hybridized carbons (Fsp3) is 0.238. The number of benzodiazepines with no additional fused rings is 1. The van der Waals surface area contributed by atoms with E-state index in [-0.39, 0.29) is 31.0 Å². The Morgan fingerprint density at radius 2 is 1.93 bits per heavy atom. The van der Waals surface area contributed by atoms with Crippen molar-refractivity contribution in [3.63, 3.8) is 0 Å². The molecule has 148 valence electrons. The molecule has 8 heteroatoms. The van der Waals surface area contributed by atoms with Crippen LogP contribution in [0.5, 0.6) is 0 Å². The van der Waals surface area contributed by atoms with Crippen LogP contribution in [-0.4, -0.2) is 47.9 Å². The van der Waals surface area contributed by atoms with Gasteiger partial charge in [0.1, 0.15) is 17.7 Å². The number of aliphatic imine (C=N–C) groups is 1. The molecule has 0 spiro atoms. The maximum Gasteiger partial charge on any atom is 0.249 e. The molecule has 2 aliphatic rings. The first kappa shape index (κ1) is 19.3. The monoisotopic (exact) mass is 454 g/mol. The van der Waals surface area contributed by atoms with Gasteiger partial charge >= 0.3 is 0 Å². The quantitative estimate of drug-likeness (QED) is 0.752. The number of oxime groups is 1. The van der Waals surface area contributed by atoms with E-state index in [2.05, 4.69) is 31.4 Å². The number of nitrogens with one attached hydrogen (secondary N) is 1. The van der Waals surface area contributed by atoms with Gasteiger partial charge in [-0.15, -0.1) is 0 Å². The predicted octanol–water partition coefficient (Wildman–Crippen LogP) is 2.48. The second-order valence-electron chi connectivity index (χ2n) is 6.73. The Balaban J connectivity index is 1.53. The molecular formula is C21H19BrN4O3. The molecule has 1 atom stereocenters. The van der Waals surface area contributed by atoms with Crippen molar-refractivity contribution in [1.82, 2.24) is 5.32 Å². The molecule has 2 amide bonds. The van der Waals surface area contributed by atoms with Crippen LogP contribution in [0.2, 0.25) is 0 Å². The molecule has 0 aromatic heterocycles. The lowest BCUT2D eigenvalue weighted by atomic mass is 10.0. The minimum atomic E-state index is -0.261. The van der Waals surface area contributed by atoms with Crippen LogP contribution < -0.4 is 10.2 Å². The molecule has 0 aliphatic carbocycles. The number of benzene rings is 2. The van der Waals surface area contributed by atoms with Gasteiger partial charge in [0.2, 0.25) is 11.8 Å². The van der Waals surface area contributed by atoms with E-state index in [0.29, 0.717) is 18.7 Å². The van der Waals surface area contributed by atoms with Crippen molar-refractivity contribution in [2.24, 2.45) is 10.1 Å². The number of carbonyl (C=O) groups is 2. The number of fused-ring (bicyclic) bond motifs is 1. The van der Waals surface area contributed by atoms with Crippen LogP contribution in [0.4, 0.5) is 5.69 Å². The van der Waals surface area contributed by atoms with E-state index < -0.39 is 0 Å². The van der Waals surface area contributed by atoms with Gasteiger partial charge in [0, 0.05) is 17.5 Å². The molecule has 0 saturated carbocycles. The Morgan fingerprint density at radius 1 is 1.17 bits per heavy atom. The van der Waals surface area contributed by atoms with E-state index >= 15 is 0 Å². The van der Waals surface area contributed by atoms with E-state index in [4.69, 9.17) is 4.84 Å². The standard InChI is InChI=1S/C21H19BrN4O3/c22-18-10-15(29-25-18)11-23-19(27)13-26-17-9-5-4-8-16(17)21(24-12-20(26)28)14-6-2-1-3-7-14/h1-9,15H,10-13H2,(H,23,27). The average molecular weight is 455 g/mol. The third kappa shape index (κ3) is 4.37. The number of para-hydroxylation sites is 1. The summed E-state index contributed by atoms with van der Waals surface area (Å²) in [5, 5.41) is 6.62. The molecule has 1 N–H and O–H groups in total. The Morgan fingerprint density at radius 3 is 2.69 bits per heavy atom. The number of nitrogens with zero attached hydrogens (tertiary/aromatic N) is 3. The summed E-state index contributed by atoms with van der Waals surface area (Å²) in [5.74, 6) is -0.482. The van der Waals surface area contributed by atoms with Crippen molar-refractivity contribution in [1.29, 1.82) is 0 Å². The van der Waals surface area contributed by atoms with Crippen molar-refractivity contribution in [3.05, 3.63) is 65.7 Å². The second-order valence-corrected chi connectivity index (χ2v) is 7.65. The highest BCUT2D eigenvalue weighted by Crippen LogP contribution is 2.26. The molecule has 2 aromatic rings. The molecule has 0 fully saturated rings. The van der Waals surface area contributed by atoms with Gasteiger partial charge in [0.25, 0.3) is 0 Å². The molecule has 0 radical (unpaired) electrons. The molecule has 2 heterocycles. The zero-order chi connectivity index (χ0) is 20.2. The lowest BCUT2D eigenvalue weighted by Gasteiger charge is -2.23. The Labute approximate surface area is 176 Å². The van der Waals surface area contributed by atoms with Crippen LogP contribution >= 0.6 is 15.9 Å². The number of rotatable bonds is 5. The maximum absolute atomic E-state index is 12.8. The molecule has 0 saturated heterocycles. The van der Waals surface area contributed by atoms with Crippen molar-refractivity contribution >= 4 is 43.8 Å². The molecule has 1 unspecified atom stereocenters. The maximum atomic E-state index is 12.8. The Kier molecular flexibility index (Phi) is 5.71. The smallest absolute Gasteiger partial charge is 0.249 e. The molecular weight excluding hydrogens is 436 g/mol. The van der Waals surface area contributed by atoms with Crippen LogP contribution in [0.1, 0.15) is 17.5 Å². The van der Waals surface area contributed by atoms with Crippen molar-refractivity contribution in [2.75, 3.05) is 24.5 Å². The third-order valence-electron chi connectivity index (χ3n) is 4.70. The van der Waals surface area contributed by atoms with E-state index in [1.807, 2.05) is 54.6 Å². The highest BCUT2D eigenvalue weighted by atomic mass is 79.9. The topological polar surface area (TPSA) is 83.4 Å². The van der Waals surface area contributed by atoms with Crippen molar-refractivity contribution in [2.45, 2.75) is 12.5 Å². The minimum absolute atomic E-state index is 0.0152. The summed E-state index contributed by atoms with van der Waals surface area (Å²) in [5.41, 5.74) is 3.19. The fourth-order valence-corrected chi connectivity index (χ4v) is 3.75. The highest BCUT2D eigenvalue weighted by Gasteiger charge is 2.27. The Hall–Kier alpha value is -3.00. The third-order valence-corrected chi connectivity index (χ3v) is 5.16. The zero-order valence-corrected chi connectivity index (χ0v) is 17.1. The molecule has 2 aromatic carbocycles. The number of carbonyl (C=O) groups excluding carboxylic acids is 2. The van der Waals surface area contributed by atoms with E-state index in [1.165, 1.54) is 4.90 Å². The average Bonchev–Trinajstić information content (AvgIpc) is 3.11. The SMILES string of the molecule is O=C(CN1C(=O)CN=C(c2ccccc2)c2ccccc21)NCC1CC(Br)=NO1. The fourth-order valence-electron chi connectivity index (χ4n) is 3.31. The summed E-state index contributed by atoms with van der Waals surface area (Å²) in [7, 11) is 0.